The van der Waals surface area contributed by atoms with Crippen molar-refractivity contribution in [3.05, 3.63) is 57.8 Å². The molecule has 5 nitrogen and oxygen atoms in total. The number of ether oxygens (including phenoxy) is 1. The molecule has 2 aromatic heterocycles. The number of nitrogens with zero attached hydrogens (tertiary/aromatic N) is 3. The van der Waals surface area contributed by atoms with E-state index in [2.05, 4.69) is 9.97 Å². The van der Waals surface area contributed by atoms with Crippen molar-refractivity contribution in [2.24, 2.45) is 0 Å². The van der Waals surface area contributed by atoms with E-state index in [-0.39, 0.29) is 23.3 Å². The van der Waals surface area contributed by atoms with Crippen LogP contribution in [0.15, 0.2) is 35.1 Å². The van der Waals surface area contributed by atoms with Gasteiger partial charge in [0.15, 0.2) is 17.4 Å². The summed E-state index contributed by atoms with van der Waals surface area (Å²) in [5, 5.41) is 0.0999. The Morgan fingerprint density at radius 1 is 1.17 bits per heavy atom. The summed E-state index contributed by atoms with van der Waals surface area (Å²) in [7, 11) is 0. The van der Waals surface area contributed by atoms with Crippen LogP contribution in [0.1, 0.15) is 17.1 Å². The predicted octanol–water partition coefficient (Wildman–Crippen LogP) is 3.00. The first-order valence-corrected chi connectivity index (χ1v) is 7.08. The Morgan fingerprint density at radius 2 is 1.96 bits per heavy atom. The highest BCUT2D eigenvalue weighted by atomic mass is 19.4. The van der Waals surface area contributed by atoms with Gasteiger partial charge in [-0.2, -0.15) is 13.2 Å². The molecule has 0 saturated heterocycles. The van der Waals surface area contributed by atoms with Crippen LogP contribution in [0.3, 0.4) is 0 Å². The van der Waals surface area contributed by atoms with Crippen molar-refractivity contribution in [3.63, 3.8) is 0 Å². The van der Waals surface area contributed by atoms with Crippen LogP contribution >= 0.6 is 0 Å². The average Bonchev–Trinajstić information content (AvgIpc) is 2.53. The number of benzene rings is 1. The molecule has 1 aromatic carbocycles. The van der Waals surface area contributed by atoms with E-state index in [4.69, 9.17) is 4.74 Å². The fourth-order valence-electron chi connectivity index (χ4n) is 2.67. The molecule has 4 rings (SSSR count). The van der Waals surface area contributed by atoms with E-state index in [1.807, 2.05) is 0 Å². The summed E-state index contributed by atoms with van der Waals surface area (Å²) in [6.07, 6.45) is -4.50. The van der Waals surface area contributed by atoms with Crippen LogP contribution in [-0.4, -0.2) is 14.5 Å². The van der Waals surface area contributed by atoms with Gasteiger partial charge in [0.2, 0.25) is 0 Å². The van der Waals surface area contributed by atoms with E-state index in [0.29, 0.717) is 17.3 Å². The van der Waals surface area contributed by atoms with E-state index in [1.165, 1.54) is 4.57 Å². The molecule has 0 radical (unpaired) electrons. The van der Waals surface area contributed by atoms with Crippen LogP contribution < -0.4 is 10.3 Å². The van der Waals surface area contributed by atoms with Gasteiger partial charge in [-0.15, -0.1) is 0 Å². The quantitative estimate of drug-likeness (QED) is 0.635. The first kappa shape index (κ1) is 14.7. The maximum absolute atomic E-state index is 12.9. The van der Waals surface area contributed by atoms with Crippen LogP contribution in [0.4, 0.5) is 13.2 Å². The van der Waals surface area contributed by atoms with Crippen molar-refractivity contribution in [1.82, 2.24) is 14.5 Å². The lowest BCUT2D eigenvalue weighted by Crippen LogP contribution is -2.29. The number of halogens is 3. The molecule has 0 bridgehead atoms. The minimum absolute atomic E-state index is 0.0132. The Bertz CT molecular complexity index is 1040. The van der Waals surface area contributed by atoms with Crippen molar-refractivity contribution < 1.29 is 17.9 Å². The van der Waals surface area contributed by atoms with Gasteiger partial charge in [0.05, 0.1) is 16.5 Å². The van der Waals surface area contributed by atoms with Crippen molar-refractivity contribution >= 4 is 10.9 Å². The molecule has 0 N–H and O–H groups in total. The fourth-order valence-corrected chi connectivity index (χ4v) is 2.67. The van der Waals surface area contributed by atoms with Crippen LogP contribution in [0.25, 0.3) is 16.7 Å². The lowest BCUT2D eigenvalue weighted by atomic mass is 10.1. The zero-order chi connectivity index (χ0) is 17.1. The number of rotatable bonds is 0. The van der Waals surface area contributed by atoms with Crippen molar-refractivity contribution in [3.8, 4) is 11.6 Å². The second-order valence-corrected chi connectivity index (χ2v) is 5.46. The van der Waals surface area contributed by atoms with Crippen molar-refractivity contribution in [2.45, 2.75) is 19.7 Å². The number of hydrogen-bond donors (Lipinski definition) is 0. The van der Waals surface area contributed by atoms with E-state index in [9.17, 15) is 18.0 Å². The summed E-state index contributed by atoms with van der Waals surface area (Å²) in [4.78, 5) is 21.2. The van der Waals surface area contributed by atoms with Crippen molar-refractivity contribution in [2.75, 3.05) is 0 Å². The minimum Gasteiger partial charge on any atom is -0.482 e. The smallest absolute Gasteiger partial charge is 0.416 e. The molecule has 0 saturated carbocycles. The Morgan fingerprint density at radius 3 is 2.71 bits per heavy atom. The van der Waals surface area contributed by atoms with E-state index in [1.54, 1.807) is 19.1 Å². The van der Waals surface area contributed by atoms with Crippen LogP contribution in [0.5, 0.6) is 5.75 Å². The topological polar surface area (TPSA) is 57.0 Å². The largest absolute Gasteiger partial charge is 0.482 e. The highest BCUT2D eigenvalue weighted by Gasteiger charge is 2.31. The van der Waals surface area contributed by atoms with Crippen molar-refractivity contribution in [1.29, 1.82) is 0 Å². The van der Waals surface area contributed by atoms with Crippen LogP contribution in [-0.2, 0) is 12.8 Å². The van der Waals surface area contributed by atoms with Crippen LogP contribution in [0, 0.1) is 6.92 Å². The number of hydrogen-bond acceptors (Lipinski definition) is 4. The third-order valence-corrected chi connectivity index (χ3v) is 3.81. The standard InChI is InChI=1S/C16H10F3N3O2/c1-8-2-5-12-14(20-8)22-13(7-24-12)21-11-6-9(16(17,18)19)3-4-10(11)15(22)23/h2-6H,7H2,1H3. The molecule has 0 amide bonds. The van der Waals surface area contributed by atoms with E-state index < -0.39 is 17.3 Å². The maximum atomic E-state index is 12.9. The zero-order valence-corrected chi connectivity index (χ0v) is 12.4. The Kier molecular flexibility index (Phi) is 2.93. The molecule has 1 aliphatic rings. The van der Waals surface area contributed by atoms with Gasteiger partial charge in [0.1, 0.15) is 6.61 Å². The van der Waals surface area contributed by atoms with Gasteiger partial charge in [0, 0.05) is 5.69 Å². The average molecular weight is 333 g/mol. The number of pyridine rings is 1. The van der Waals surface area contributed by atoms with Crippen LogP contribution in [0.2, 0.25) is 0 Å². The first-order valence-electron chi connectivity index (χ1n) is 7.08. The zero-order valence-electron chi connectivity index (χ0n) is 12.4. The molecular formula is C16H10F3N3O2. The summed E-state index contributed by atoms with van der Waals surface area (Å²) >= 11 is 0. The van der Waals surface area contributed by atoms with Gasteiger partial charge in [-0.1, -0.05) is 0 Å². The molecule has 122 valence electrons. The number of fused-ring (bicyclic) bond motifs is 4. The van der Waals surface area contributed by atoms with Gasteiger partial charge >= 0.3 is 6.18 Å². The molecule has 1 aliphatic heterocycles. The Balaban J connectivity index is 2.03. The molecule has 8 heteroatoms. The highest BCUT2D eigenvalue weighted by Crippen LogP contribution is 2.31. The number of aryl methyl sites for hydroxylation is 1. The van der Waals surface area contributed by atoms with Gasteiger partial charge in [0.25, 0.3) is 5.56 Å². The van der Waals surface area contributed by atoms with Gasteiger partial charge in [-0.3, -0.25) is 4.79 Å². The summed E-state index contributed by atoms with van der Waals surface area (Å²) in [6, 6.07) is 6.34. The molecule has 24 heavy (non-hydrogen) atoms. The first-order chi connectivity index (χ1) is 11.3. The third-order valence-electron chi connectivity index (χ3n) is 3.81. The summed E-state index contributed by atoms with van der Waals surface area (Å²) in [5.41, 5.74) is -0.644. The maximum Gasteiger partial charge on any atom is 0.416 e. The molecule has 0 aliphatic carbocycles. The molecule has 0 fully saturated rings. The number of aromatic nitrogens is 3. The molecule has 3 aromatic rings. The Labute approximate surface area is 133 Å². The second kappa shape index (κ2) is 4.80. The monoisotopic (exact) mass is 333 g/mol. The normalized spacial score (nSPS) is 13.3. The Hall–Kier alpha value is -2.90. The highest BCUT2D eigenvalue weighted by molar-refractivity contribution is 5.79. The van der Waals surface area contributed by atoms with Gasteiger partial charge in [-0.05, 0) is 37.3 Å². The number of alkyl halides is 3. The molecule has 0 unspecified atom stereocenters. The third kappa shape index (κ3) is 2.14. The van der Waals surface area contributed by atoms with E-state index in [0.717, 1.165) is 18.2 Å². The van der Waals surface area contributed by atoms with Gasteiger partial charge < -0.3 is 4.74 Å². The summed E-state index contributed by atoms with van der Waals surface area (Å²) in [6.45, 7) is 1.75. The summed E-state index contributed by atoms with van der Waals surface area (Å²) < 4.78 is 45.3. The van der Waals surface area contributed by atoms with Gasteiger partial charge in [-0.25, -0.2) is 14.5 Å². The summed E-state index contributed by atoms with van der Waals surface area (Å²) in [5.74, 6) is 0.955. The fraction of sp³-hybridized carbons (Fsp3) is 0.188. The SMILES string of the molecule is Cc1ccc2c(n1)-n1c(nc3cc(C(F)(F)F)ccc3c1=O)CO2. The molecule has 0 atom stereocenters. The molecular weight excluding hydrogens is 323 g/mol. The van der Waals surface area contributed by atoms with E-state index >= 15 is 0 Å². The second-order valence-electron chi connectivity index (χ2n) is 5.46. The molecule has 3 heterocycles. The lowest BCUT2D eigenvalue weighted by Gasteiger charge is -2.21. The minimum atomic E-state index is -4.50. The molecule has 0 spiro atoms. The lowest BCUT2D eigenvalue weighted by molar-refractivity contribution is -0.137. The predicted molar refractivity (Wildman–Crippen MR) is 79.2 cm³/mol.